The maximum atomic E-state index is 13.4. The van der Waals surface area contributed by atoms with Gasteiger partial charge in [0.05, 0.1) is 11.0 Å². The summed E-state index contributed by atoms with van der Waals surface area (Å²) >= 11 is 0. The summed E-state index contributed by atoms with van der Waals surface area (Å²) in [7, 11) is 0. The van der Waals surface area contributed by atoms with E-state index in [1.165, 1.54) is 12.2 Å². The predicted octanol–water partition coefficient (Wildman–Crippen LogP) is 4.15. The number of rotatable bonds is 6. The van der Waals surface area contributed by atoms with Crippen LogP contribution in [0.15, 0.2) is 36.5 Å². The standard InChI is InChI=1S/C28H30F3N5O3/c29-20-13-16(14-21(30)25(20)31)1-4-24(37)35-9-7-18(8-10-35)27(28(38)39)36-11-5-17(6-12-36)19-15-33-22-2-3-23(32)34-26(19)22/h1-4,13-15,17-18,27,33H,5-12H2,(H2,32,34)(H,38,39)/b4-1+. The fourth-order valence-corrected chi connectivity index (χ4v) is 5.87. The van der Waals surface area contributed by atoms with E-state index in [1.54, 1.807) is 11.0 Å². The minimum absolute atomic E-state index is 0.0378. The number of H-pyrrole nitrogens is 1. The number of nitrogen functional groups attached to an aromatic ring is 1. The number of likely N-dealkylation sites (tertiary alicyclic amines) is 2. The third kappa shape index (κ3) is 5.63. The Morgan fingerprint density at radius 2 is 1.72 bits per heavy atom. The van der Waals surface area contributed by atoms with Gasteiger partial charge in [-0.15, -0.1) is 0 Å². The number of nitrogens with two attached hydrogens (primary N) is 1. The molecule has 4 N–H and O–H groups in total. The smallest absolute Gasteiger partial charge is 0.321 e. The molecule has 8 nitrogen and oxygen atoms in total. The van der Waals surface area contributed by atoms with Crippen molar-refractivity contribution < 1.29 is 27.9 Å². The number of aromatic nitrogens is 2. The highest BCUT2D eigenvalue weighted by Crippen LogP contribution is 2.35. The van der Waals surface area contributed by atoms with E-state index in [4.69, 9.17) is 5.73 Å². The first-order valence-electron chi connectivity index (χ1n) is 13.0. The second kappa shape index (κ2) is 11.1. The minimum Gasteiger partial charge on any atom is -0.480 e. The van der Waals surface area contributed by atoms with E-state index in [1.807, 2.05) is 17.2 Å². The van der Waals surface area contributed by atoms with E-state index in [0.29, 0.717) is 44.8 Å². The van der Waals surface area contributed by atoms with Crippen LogP contribution in [0.25, 0.3) is 17.1 Å². The number of nitrogens with one attached hydrogen (secondary N) is 1. The van der Waals surface area contributed by atoms with Crippen LogP contribution in [0.1, 0.15) is 42.7 Å². The summed E-state index contributed by atoms with van der Waals surface area (Å²) in [5.41, 5.74) is 8.82. The molecule has 1 atom stereocenters. The maximum Gasteiger partial charge on any atom is 0.321 e. The average Bonchev–Trinajstić information content (AvgIpc) is 3.34. The van der Waals surface area contributed by atoms with E-state index in [9.17, 15) is 27.9 Å². The molecule has 2 aliphatic rings. The largest absolute Gasteiger partial charge is 0.480 e. The number of aromatic amines is 1. The summed E-state index contributed by atoms with van der Waals surface area (Å²) in [6, 6.07) is 4.66. The van der Waals surface area contributed by atoms with Crippen LogP contribution in [0.2, 0.25) is 0 Å². The Labute approximate surface area is 223 Å². The lowest BCUT2D eigenvalue weighted by Crippen LogP contribution is -2.52. The summed E-state index contributed by atoms with van der Waals surface area (Å²) < 4.78 is 40.0. The van der Waals surface area contributed by atoms with Gasteiger partial charge >= 0.3 is 5.97 Å². The van der Waals surface area contributed by atoms with Gasteiger partial charge in [0.25, 0.3) is 0 Å². The zero-order valence-electron chi connectivity index (χ0n) is 21.2. The maximum absolute atomic E-state index is 13.4. The predicted molar refractivity (Wildman–Crippen MR) is 140 cm³/mol. The van der Waals surface area contributed by atoms with E-state index < -0.39 is 29.5 Å². The molecule has 11 heteroatoms. The van der Waals surface area contributed by atoms with Crippen LogP contribution in [0.4, 0.5) is 19.0 Å². The number of carboxylic acid groups (broad SMARTS) is 1. The van der Waals surface area contributed by atoms with Crippen LogP contribution in [0.3, 0.4) is 0 Å². The van der Waals surface area contributed by atoms with Gasteiger partial charge in [0, 0.05) is 25.4 Å². The van der Waals surface area contributed by atoms with Gasteiger partial charge in [-0.1, -0.05) is 0 Å². The van der Waals surface area contributed by atoms with Crippen molar-refractivity contribution in [3.63, 3.8) is 0 Å². The van der Waals surface area contributed by atoms with Gasteiger partial charge < -0.3 is 20.7 Å². The number of hydrogen-bond acceptors (Lipinski definition) is 5. The fraction of sp³-hybridized carbons (Fsp3) is 0.393. The molecular weight excluding hydrogens is 511 g/mol. The number of carbonyl (C=O) groups is 2. The Bertz CT molecular complexity index is 1390. The topological polar surface area (TPSA) is 116 Å². The summed E-state index contributed by atoms with van der Waals surface area (Å²) in [6.07, 6.45) is 7.07. The Kier molecular flexibility index (Phi) is 7.60. The number of aliphatic carboxylic acids is 1. The van der Waals surface area contributed by atoms with E-state index in [-0.39, 0.29) is 23.3 Å². The molecule has 0 radical (unpaired) electrons. The number of hydrogen-bond donors (Lipinski definition) is 3. The lowest BCUT2D eigenvalue weighted by molar-refractivity contribution is -0.147. The van der Waals surface area contributed by atoms with Crippen molar-refractivity contribution in [3.8, 4) is 0 Å². The Morgan fingerprint density at radius 1 is 1.05 bits per heavy atom. The monoisotopic (exact) mass is 541 g/mol. The van der Waals surface area contributed by atoms with Gasteiger partial charge in [-0.2, -0.15) is 0 Å². The Hall–Kier alpha value is -3.86. The molecule has 3 aromatic rings. The molecule has 0 aliphatic carbocycles. The number of nitrogens with zero attached hydrogens (tertiary/aromatic N) is 3. The average molecular weight is 542 g/mol. The van der Waals surface area contributed by atoms with Crippen LogP contribution < -0.4 is 5.73 Å². The number of pyridine rings is 1. The molecular formula is C28H30F3N5O3. The molecule has 1 amide bonds. The summed E-state index contributed by atoms with van der Waals surface area (Å²) in [5.74, 6) is -4.80. The second-order valence-electron chi connectivity index (χ2n) is 10.3. The van der Waals surface area contributed by atoms with Crippen molar-refractivity contribution in [1.29, 1.82) is 0 Å². The van der Waals surface area contributed by atoms with Gasteiger partial charge in [-0.05, 0) is 92.1 Å². The molecule has 5 rings (SSSR count). The summed E-state index contributed by atoms with van der Waals surface area (Å²) in [6.45, 7) is 2.04. The van der Waals surface area contributed by atoms with Gasteiger partial charge in [-0.3, -0.25) is 14.5 Å². The number of carboxylic acids is 1. The number of piperidine rings is 2. The lowest BCUT2D eigenvalue weighted by Gasteiger charge is -2.41. The number of amides is 1. The van der Waals surface area contributed by atoms with E-state index >= 15 is 0 Å². The fourth-order valence-electron chi connectivity index (χ4n) is 5.87. The normalized spacial score (nSPS) is 18.7. The first kappa shape index (κ1) is 26.7. The Balaban J connectivity index is 1.17. The van der Waals surface area contributed by atoms with Crippen molar-refractivity contribution in [2.45, 2.75) is 37.6 Å². The van der Waals surface area contributed by atoms with Gasteiger partial charge in [0.1, 0.15) is 11.9 Å². The number of halogens is 3. The Morgan fingerprint density at radius 3 is 2.36 bits per heavy atom. The summed E-state index contributed by atoms with van der Waals surface area (Å²) in [5, 5.41) is 10.1. The number of benzene rings is 1. The van der Waals surface area contributed by atoms with Crippen LogP contribution in [-0.4, -0.2) is 69.0 Å². The first-order valence-corrected chi connectivity index (χ1v) is 13.0. The third-order valence-electron chi connectivity index (χ3n) is 7.91. The van der Waals surface area contributed by atoms with Crippen molar-refractivity contribution in [3.05, 3.63) is 65.1 Å². The highest BCUT2D eigenvalue weighted by atomic mass is 19.2. The molecule has 39 heavy (non-hydrogen) atoms. The lowest BCUT2D eigenvalue weighted by atomic mass is 9.85. The SMILES string of the molecule is Nc1ccc2[nH]cc(C3CCN(C(C(=O)O)C4CCN(C(=O)/C=C/c5cc(F)c(F)c(F)c5)CC4)CC3)c2n1. The molecule has 0 spiro atoms. The van der Waals surface area contributed by atoms with Crippen molar-refractivity contribution >= 4 is 34.8 Å². The molecule has 1 aromatic carbocycles. The highest BCUT2D eigenvalue weighted by Gasteiger charge is 2.38. The van der Waals surface area contributed by atoms with Crippen molar-refractivity contribution in [2.24, 2.45) is 5.92 Å². The molecule has 2 aromatic heterocycles. The zero-order chi connectivity index (χ0) is 27.7. The quantitative estimate of drug-likeness (QED) is 0.319. The third-order valence-corrected chi connectivity index (χ3v) is 7.91. The van der Waals surface area contributed by atoms with Crippen molar-refractivity contribution in [1.82, 2.24) is 19.8 Å². The van der Waals surface area contributed by atoms with Gasteiger partial charge in [0.2, 0.25) is 5.91 Å². The molecule has 2 saturated heterocycles. The van der Waals surface area contributed by atoms with Crippen LogP contribution in [0, 0.1) is 23.4 Å². The molecule has 2 aliphatic heterocycles. The minimum atomic E-state index is -1.56. The molecule has 1 unspecified atom stereocenters. The molecule has 206 valence electrons. The van der Waals surface area contributed by atoms with Crippen molar-refractivity contribution in [2.75, 3.05) is 31.9 Å². The highest BCUT2D eigenvalue weighted by molar-refractivity contribution is 5.91. The number of anilines is 1. The number of carbonyl (C=O) groups excluding carboxylic acids is 1. The van der Waals surface area contributed by atoms with Crippen LogP contribution in [0.5, 0.6) is 0 Å². The summed E-state index contributed by atoms with van der Waals surface area (Å²) in [4.78, 5) is 36.3. The van der Waals surface area contributed by atoms with E-state index in [0.717, 1.165) is 41.6 Å². The second-order valence-corrected chi connectivity index (χ2v) is 10.3. The molecule has 0 saturated carbocycles. The van der Waals surface area contributed by atoms with E-state index in [2.05, 4.69) is 9.97 Å². The molecule has 0 bridgehead atoms. The number of fused-ring (bicyclic) bond motifs is 1. The van der Waals surface area contributed by atoms with Gasteiger partial charge in [0.15, 0.2) is 17.5 Å². The first-order chi connectivity index (χ1) is 18.7. The van der Waals surface area contributed by atoms with Crippen LogP contribution in [-0.2, 0) is 9.59 Å². The van der Waals surface area contributed by atoms with Gasteiger partial charge in [-0.25, -0.2) is 18.2 Å². The molecule has 4 heterocycles. The zero-order valence-corrected chi connectivity index (χ0v) is 21.2. The molecule has 2 fully saturated rings. The van der Waals surface area contributed by atoms with Crippen LogP contribution >= 0.6 is 0 Å².